The number of ether oxygens (including phenoxy) is 3. The van der Waals surface area contributed by atoms with Gasteiger partial charge in [-0.05, 0) is 90.3 Å². The molecule has 3 aromatic heterocycles. The number of aromatic nitrogens is 4. The Hall–Kier alpha value is -3.99. The highest BCUT2D eigenvalue weighted by Crippen LogP contribution is 2.36. The molecule has 3 aromatic rings. The highest BCUT2D eigenvalue weighted by atomic mass is 19.3. The van der Waals surface area contributed by atoms with Crippen LogP contribution in [0.15, 0.2) is 35.2 Å². The zero-order chi connectivity index (χ0) is 37.3. The first kappa shape index (κ1) is 39.2. The van der Waals surface area contributed by atoms with Crippen molar-refractivity contribution in [2.45, 2.75) is 77.4 Å². The highest BCUT2D eigenvalue weighted by Gasteiger charge is 2.32. The maximum absolute atomic E-state index is 14.1. The van der Waals surface area contributed by atoms with Crippen molar-refractivity contribution in [2.75, 3.05) is 69.9 Å². The maximum atomic E-state index is 14.1. The molecule has 0 bridgehead atoms. The Bertz CT molecular complexity index is 1600. The Kier molecular flexibility index (Phi) is 13.7. The van der Waals surface area contributed by atoms with E-state index in [1.54, 1.807) is 37.6 Å². The van der Waals surface area contributed by atoms with Gasteiger partial charge in [0.15, 0.2) is 11.4 Å². The van der Waals surface area contributed by atoms with E-state index in [2.05, 4.69) is 32.3 Å². The van der Waals surface area contributed by atoms with Gasteiger partial charge in [-0.15, -0.1) is 0 Å². The van der Waals surface area contributed by atoms with E-state index < -0.39 is 29.7 Å². The molecule has 3 heterocycles. The zero-order valence-electron chi connectivity index (χ0n) is 30.6. The first-order chi connectivity index (χ1) is 24.9. The number of anilines is 2. The molecule has 0 atom stereocenters. The largest absolute Gasteiger partial charge is 0.444 e. The van der Waals surface area contributed by atoms with Gasteiger partial charge in [0, 0.05) is 44.1 Å². The molecule has 2 aliphatic rings. The smallest absolute Gasteiger partial charge is 0.416 e. The van der Waals surface area contributed by atoms with Crippen LogP contribution in [0.2, 0.25) is 0 Å². The lowest BCUT2D eigenvalue weighted by Gasteiger charge is -2.31. The SMILES string of the molecule is CN(CCOCCOCCN)C[C@H]1CC[C@H](n2cc(NC(=O)c3coc(-c4ccnc(N(CC5CC5)C(=O)OC(C)(C)C)c4)n3)c(C(F)F)n2)CC1. The van der Waals surface area contributed by atoms with Crippen molar-refractivity contribution in [3.8, 4) is 11.5 Å². The molecule has 0 spiro atoms. The average Bonchev–Trinajstić information content (AvgIpc) is 3.60. The predicted octanol–water partition coefficient (Wildman–Crippen LogP) is 5.93. The molecule has 2 amide bonds. The van der Waals surface area contributed by atoms with Crippen LogP contribution in [0, 0.1) is 11.8 Å². The number of nitrogens with one attached hydrogen (secondary N) is 1. The number of amides is 2. The number of oxazole rings is 1. The number of carbonyl (C=O) groups is 2. The molecular formula is C36H52F2N8O6. The summed E-state index contributed by atoms with van der Waals surface area (Å²) in [6.07, 6.45) is 6.25. The molecular weight excluding hydrogens is 678 g/mol. The number of alkyl halides is 2. The summed E-state index contributed by atoms with van der Waals surface area (Å²) >= 11 is 0. The highest BCUT2D eigenvalue weighted by molar-refractivity contribution is 6.03. The van der Waals surface area contributed by atoms with E-state index in [1.807, 2.05) is 0 Å². The fourth-order valence-corrected chi connectivity index (χ4v) is 6.13. The van der Waals surface area contributed by atoms with Crippen LogP contribution in [0.4, 0.5) is 25.1 Å². The Balaban J connectivity index is 1.16. The van der Waals surface area contributed by atoms with E-state index in [9.17, 15) is 18.4 Å². The predicted molar refractivity (Wildman–Crippen MR) is 190 cm³/mol. The minimum absolute atomic E-state index is 0.0544. The second-order valence-electron chi connectivity index (χ2n) is 14.6. The third-order valence-corrected chi connectivity index (χ3v) is 8.98. The zero-order valence-corrected chi connectivity index (χ0v) is 30.6. The standard InChI is InChI=1S/C36H52F2N8O6/c1-36(2,3)52-35(48)45(21-25-5-6-25)30-19-26(11-13-40-30)34-42-29(23-51-34)33(47)41-28-22-46(43-31(28)32(37)38)27-9-7-24(8-10-27)20-44(4)14-16-50-18-17-49-15-12-39/h11,13,19,22-25,27,32H,5-10,12,14-18,20-21,39H2,1-4H3,(H,41,47)/t24-,27-. The van der Waals surface area contributed by atoms with E-state index in [1.165, 1.54) is 17.3 Å². The number of hydrogen-bond donors (Lipinski definition) is 2. The summed E-state index contributed by atoms with van der Waals surface area (Å²) in [5.74, 6) is 0.610. The van der Waals surface area contributed by atoms with Crippen molar-refractivity contribution in [3.63, 3.8) is 0 Å². The topological polar surface area (TPSA) is 163 Å². The van der Waals surface area contributed by atoms with Crippen molar-refractivity contribution in [1.29, 1.82) is 0 Å². The monoisotopic (exact) mass is 730 g/mol. The summed E-state index contributed by atoms with van der Waals surface area (Å²) < 4.78 is 51.9. The van der Waals surface area contributed by atoms with E-state index in [-0.39, 0.29) is 23.3 Å². The summed E-state index contributed by atoms with van der Waals surface area (Å²) in [4.78, 5) is 38.7. The first-order valence-electron chi connectivity index (χ1n) is 18.0. The second-order valence-corrected chi connectivity index (χ2v) is 14.6. The van der Waals surface area contributed by atoms with Gasteiger partial charge in [-0.25, -0.2) is 23.5 Å². The molecule has 0 aliphatic heterocycles. The maximum Gasteiger partial charge on any atom is 0.416 e. The van der Waals surface area contributed by atoms with E-state index in [0.29, 0.717) is 62.7 Å². The fraction of sp³-hybridized carbons (Fsp3) is 0.639. The van der Waals surface area contributed by atoms with E-state index >= 15 is 0 Å². The van der Waals surface area contributed by atoms with Crippen molar-refractivity contribution in [2.24, 2.45) is 17.6 Å². The summed E-state index contributed by atoms with van der Waals surface area (Å²) in [5.41, 5.74) is 4.54. The van der Waals surface area contributed by atoms with Gasteiger partial charge in [0.2, 0.25) is 5.89 Å². The number of likely N-dealkylation sites (N-methyl/N-ethyl adjacent to an activating group) is 1. The number of rotatable bonds is 18. The minimum Gasteiger partial charge on any atom is -0.444 e. The molecule has 2 saturated carbocycles. The van der Waals surface area contributed by atoms with Gasteiger partial charge < -0.3 is 34.6 Å². The summed E-state index contributed by atoms with van der Waals surface area (Å²) in [6, 6.07) is 3.23. The number of nitrogens with zero attached hydrogens (tertiary/aromatic N) is 6. The van der Waals surface area contributed by atoms with Gasteiger partial charge in [-0.3, -0.25) is 14.4 Å². The van der Waals surface area contributed by atoms with Crippen molar-refractivity contribution in [1.82, 2.24) is 24.6 Å². The van der Waals surface area contributed by atoms with Crippen LogP contribution in [-0.4, -0.2) is 102 Å². The fourth-order valence-electron chi connectivity index (χ4n) is 6.13. The van der Waals surface area contributed by atoms with Crippen LogP contribution in [0.5, 0.6) is 0 Å². The normalized spacial score (nSPS) is 17.9. The van der Waals surface area contributed by atoms with E-state index in [0.717, 1.165) is 57.9 Å². The summed E-state index contributed by atoms with van der Waals surface area (Å²) in [5, 5.41) is 6.76. The molecule has 16 heteroatoms. The summed E-state index contributed by atoms with van der Waals surface area (Å²) in [7, 11) is 2.07. The molecule has 0 unspecified atom stereocenters. The number of halogens is 2. The Morgan fingerprint density at radius 1 is 1.06 bits per heavy atom. The molecule has 2 aliphatic carbocycles. The van der Waals surface area contributed by atoms with Crippen LogP contribution in [0.25, 0.3) is 11.5 Å². The molecule has 14 nitrogen and oxygen atoms in total. The van der Waals surface area contributed by atoms with Gasteiger partial charge in [-0.2, -0.15) is 5.10 Å². The van der Waals surface area contributed by atoms with Gasteiger partial charge >= 0.3 is 6.09 Å². The number of pyridine rings is 1. The molecule has 0 saturated heterocycles. The lowest BCUT2D eigenvalue weighted by molar-refractivity contribution is 0.0413. The lowest BCUT2D eigenvalue weighted by Crippen LogP contribution is -2.38. The summed E-state index contributed by atoms with van der Waals surface area (Å²) in [6.45, 7) is 10.3. The van der Waals surface area contributed by atoms with Gasteiger partial charge in [0.1, 0.15) is 17.7 Å². The Morgan fingerprint density at radius 3 is 2.42 bits per heavy atom. The molecule has 286 valence electrons. The molecule has 0 aromatic carbocycles. The van der Waals surface area contributed by atoms with Gasteiger partial charge in [0.05, 0.1) is 38.2 Å². The molecule has 3 N–H and O–H groups in total. The molecule has 0 radical (unpaired) electrons. The number of nitrogens with two attached hydrogens (primary N) is 1. The van der Waals surface area contributed by atoms with Crippen molar-refractivity contribution < 1.29 is 37.0 Å². The minimum atomic E-state index is -2.89. The molecule has 5 rings (SSSR count). The average molecular weight is 731 g/mol. The Labute approximate surface area is 303 Å². The van der Waals surface area contributed by atoms with Crippen molar-refractivity contribution >= 4 is 23.5 Å². The first-order valence-corrected chi connectivity index (χ1v) is 18.0. The number of hydrogen-bond acceptors (Lipinski definition) is 11. The quantitative estimate of drug-likeness (QED) is 0.149. The Morgan fingerprint density at radius 2 is 1.75 bits per heavy atom. The van der Waals surface area contributed by atoms with Crippen LogP contribution in [0.3, 0.4) is 0 Å². The lowest BCUT2D eigenvalue weighted by atomic mass is 9.86. The van der Waals surface area contributed by atoms with Crippen molar-refractivity contribution in [3.05, 3.63) is 42.2 Å². The van der Waals surface area contributed by atoms with Crippen LogP contribution < -0.4 is 16.0 Å². The van der Waals surface area contributed by atoms with Crippen LogP contribution >= 0.6 is 0 Å². The number of carbonyl (C=O) groups excluding carboxylic acids is 2. The third kappa shape index (κ3) is 11.5. The molecule has 2 fully saturated rings. The molecule has 52 heavy (non-hydrogen) atoms. The third-order valence-electron chi connectivity index (χ3n) is 8.98. The van der Waals surface area contributed by atoms with Gasteiger partial charge in [0.25, 0.3) is 12.3 Å². The second kappa shape index (κ2) is 18.2. The van der Waals surface area contributed by atoms with Crippen LogP contribution in [0.1, 0.15) is 87.9 Å². The van der Waals surface area contributed by atoms with Crippen LogP contribution in [-0.2, 0) is 14.2 Å². The van der Waals surface area contributed by atoms with Gasteiger partial charge in [-0.1, -0.05) is 0 Å². The van der Waals surface area contributed by atoms with E-state index in [4.69, 9.17) is 24.4 Å².